The summed E-state index contributed by atoms with van der Waals surface area (Å²) < 4.78 is 0. The van der Waals surface area contributed by atoms with Crippen LogP contribution in [0.25, 0.3) is 0 Å². The number of rotatable bonds is 5. The molecule has 0 aromatic heterocycles. The Morgan fingerprint density at radius 2 is 1.83 bits per heavy atom. The highest BCUT2D eigenvalue weighted by atomic mass is 35.5. The van der Waals surface area contributed by atoms with Crippen molar-refractivity contribution >= 4 is 17.5 Å². The summed E-state index contributed by atoms with van der Waals surface area (Å²) in [6.45, 7) is 0.0474. The van der Waals surface area contributed by atoms with E-state index < -0.39 is 31.3 Å². The highest BCUT2D eigenvalue weighted by molar-refractivity contribution is 6.31. The molecule has 1 aromatic carbocycles. The summed E-state index contributed by atoms with van der Waals surface area (Å²) in [7, 11) is 0. The average Bonchev–Trinajstić information content (AvgIpc) is 2.38. The predicted octanol–water partition coefficient (Wildman–Crippen LogP) is 0.0939. The van der Waals surface area contributed by atoms with Crippen molar-refractivity contribution in [1.82, 2.24) is 5.32 Å². The van der Waals surface area contributed by atoms with Gasteiger partial charge < -0.3 is 20.6 Å². The third-order valence-corrected chi connectivity index (χ3v) is 2.97. The molecule has 0 saturated carbocycles. The van der Waals surface area contributed by atoms with Gasteiger partial charge in [-0.25, -0.2) is 0 Å². The molecular formula is C12H16ClNO4. The number of hydrogen-bond donors (Lipinski definition) is 4. The van der Waals surface area contributed by atoms with E-state index in [4.69, 9.17) is 26.9 Å². The summed E-state index contributed by atoms with van der Waals surface area (Å²) in [6, 6.07) is 4.84. The molecule has 0 saturated heterocycles. The van der Waals surface area contributed by atoms with Crippen LogP contribution in [0.2, 0.25) is 5.02 Å². The first-order valence-electron chi connectivity index (χ1n) is 5.39. The molecule has 1 aromatic rings. The molecule has 1 rings (SSSR count). The third kappa shape index (κ3) is 3.20. The summed E-state index contributed by atoms with van der Waals surface area (Å²) in [5.74, 6) is -0.507. The van der Waals surface area contributed by atoms with Gasteiger partial charge in [-0.1, -0.05) is 17.7 Å². The first-order chi connectivity index (χ1) is 8.48. The Labute approximate surface area is 110 Å². The Balaban J connectivity index is 2.97. The number of aliphatic hydroxyl groups excluding tert-OH is 3. The van der Waals surface area contributed by atoms with Crippen LogP contribution in [-0.2, 0) is 0 Å². The molecule has 0 radical (unpaired) electrons. The second-order valence-corrected chi connectivity index (χ2v) is 4.60. The maximum atomic E-state index is 12.0. The van der Waals surface area contributed by atoms with Crippen molar-refractivity contribution in [3.63, 3.8) is 0 Å². The van der Waals surface area contributed by atoms with Crippen LogP contribution in [0.4, 0.5) is 0 Å². The molecule has 1 amide bonds. The highest BCUT2D eigenvalue weighted by Crippen LogP contribution is 2.16. The van der Waals surface area contributed by atoms with Crippen LogP contribution in [0.5, 0.6) is 0 Å². The summed E-state index contributed by atoms with van der Waals surface area (Å²) in [4.78, 5) is 12.0. The molecule has 0 bridgehead atoms. The fraction of sp³-hybridized carbons (Fsp3) is 0.417. The van der Waals surface area contributed by atoms with Gasteiger partial charge in [-0.3, -0.25) is 4.79 Å². The van der Waals surface area contributed by atoms with E-state index in [1.54, 1.807) is 19.1 Å². The lowest BCUT2D eigenvalue weighted by Crippen LogP contribution is -2.57. The number of amides is 1. The van der Waals surface area contributed by atoms with Crippen molar-refractivity contribution in [2.75, 3.05) is 19.8 Å². The van der Waals surface area contributed by atoms with Gasteiger partial charge in [0.2, 0.25) is 0 Å². The van der Waals surface area contributed by atoms with Crippen LogP contribution in [0, 0.1) is 6.92 Å². The third-order valence-electron chi connectivity index (χ3n) is 2.73. The second-order valence-electron chi connectivity index (χ2n) is 4.17. The molecule has 0 fully saturated rings. The largest absolute Gasteiger partial charge is 0.394 e. The van der Waals surface area contributed by atoms with Crippen molar-refractivity contribution in [3.8, 4) is 0 Å². The quantitative estimate of drug-likeness (QED) is 0.612. The van der Waals surface area contributed by atoms with Crippen LogP contribution >= 0.6 is 11.6 Å². The number of aryl methyl sites for hydroxylation is 1. The van der Waals surface area contributed by atoms with E-state index in [2.05, 4.69) is 5.32 Å². The Morgan fingerprint density at radius 3 is 2.33 bits per heavy atom. The number of hydrogen-bond acceptors (Lipinski definition) is 4. The SMILES string of the molecule is Cc1ccc(Cl)cc1C(=O)NC(CO)(CO)CO. The van der Waals surface area contributed by atoms with Gasteiger partial charge in [0.1, 0.15) is 5.54 Å². The van der Waals surface area contributed by atoms with Crippen LogP contribution < -0.4 is 5.32 Å². The second kappa shape index (κ2) is 6.15. The van der Waals surface area contributed by atoms with E-state index >= 15 is 0 Å². The molecule has 0 heterocycles. The summed E-state index contributed by atoms with van der Waals surface area (Å²) in [6.07, 6.45) is 0. The lowest BCUT2D eigenvalue weighted by atomic mass is 10.0. The normalized spacial score (nSPS) is 11.4. The highest BCUT2D eigenvalue weighted by Gasteiger charge is 2.30. The molecule has 0 unspecified atom stereocenters. The van der Waals surface area contributed by atoms with Crippen molar-refractivity contribution in [2.24, 2.45) is 0 Å². The van der Waals surface area contributed by atoms with Gasteiger partial charge in [0, 0.05) is 10.6 Å². The van der Waals surface area contributed by atoms with Crippen molar-refractivity contribution in [1.29, 1.82) is 0 Å². The van der Waals surface area contributed by atoms with E-state index in [1.165, 1.54) is 6.07 Å². The molecule has 5 nitrogen and oxygen atoms in total. The van der Waals surface area contributed by atoms with Gasteiger partial charge in [-0.2, -0.15) is 0 Å². The molecule has 4 N–H and O–H groups in total. The number of aliphatic hydroxyl groups is 3. The first kappa shape index (κ1) is 14.9. The summed E-state index contributed by atoms with van der Waals surface area (Å²) in [5.41, 5.74) is -0.395. The zero-order valence-electron chi connectivity index (χ0n) is 9.98. The zero-order valence-corrected chi connectivity index (χ0v) is 10.7. The molecule has 0 atom stereocenters. The van der Waals surface area contributed by atoms with Gasteiger partial charge in [-0.15, -0.1) is 0 Å². The molecule has 0 aliphatic carbocycles. The molecule has 0 aliphatic rings. The number of nitrogens with one attached hydrogen (secondary N) is 1. The Morgan fingerprint density at radius 1 is 1.28 bits per heavy atom. The molecule has 0 aliphatic heterocycles. The topological polar surface area (TPSA) is 89.8 Å². The van der Waals surface area contributed by atoms with Gasteiger partial charge >= 0.3 is 0 Å². The number of halogens is 1. The van der Waals surface area contributed by atoms with Crippen molar-refractivity contribution in [3.05, 3.63) is 34.3 Å². The minimum absolute atomic E-state index is 0.335. The number of carbonyl (C=O) groups excluding carboxylic acids is 1. The molecule has 6 heteroatoms. The minimum atomic E-state index is -1.44. The Bertz CT molecular complexity index is 424. The molecule has 18 heavy (non-hydrogen) atoms. The van der Waals surface area contributed by atoms with Gasteiger partial charge in [-0.05, 0) is 24.6 Å². The zero-order chi connectivity index (χ0) is 13.8. The van der Waals surface area contributed by atoms with Crippen LogP contribution in [0.3, 0.4) is 0 Å². The van der Waals surface area contributed by atoms with Gasteiger partial charge in [0.15, 0.2) is 0 Å². The lowest BCUT2D eigenvalue weighted by Gasteiger charge is -2.28. The summed E-state index contributed by atoms with van der Waals surface area (Å²) in [5, 5.41) is 30.2. The van der Waals surface area contributed by atoms with Crippen LogP contribution in [0.1, 0.15) is 15.9 Å². The molecular weight excluding hydrogens is 258 g/mol. The van der Waals surface area contributed by atoms with Crippen LogP contribution in [-0.4, -0.2) is 46.6 Å². The molecule has 100 valence electrons. The van der Waals surface area contributed by atoms with E-state index in [-0.39, 0.29) is 0 Å². The maximum Gasteiger partial charge on any atom is 0.252 e. The van der Waals surface area contributed by atoms with Gasteiger partial charge in [0.25, 0.3) is 5.91 Å². The molecule has 0 spiro atoms. The predicted molar refractivity (Wildman–Crippen MR) is 67.6 cm³/mol. The minimum Gasteiger partial charge on any atom is -0.394 e. The monoisotopic (exact) mass is 273 g/mol. The number of carbonyl (C=O) groups is 1. The smallest absolute Gasteiger partial charge is 0.252 e. The fourth-order valence-corrected chi connectivity index (χ4v) is 1.59. The van der Waals surface area contributed by atoms with E-state index in [9.17, 15) is 4.79 Å². The lowest BCUT2D eigenvalue weighted by molar-refractivity contribution is 0.0375. The van der Waals surface area contributed by atoms with E-state index in [0.717, 1.165) is 0 Å². The number of benzene rings is 1. The van der Waals surface area contributed by atoms with E-state index in [1.807, 2.05) is 0 Å². The summed E-state index contributed by atoms with van der Waals surface area (Å²) >= 11 is 5.81. The van der Waals surface area contributed by atoms with Crippen molar-refractivity contribution in [2.45, 2.75) is 12.5 Å². The Hall–Kier alpha value is -1.14. The standard InChI is InChI=1S/C12H16ClNO4/c1-8-2-3-9(13)4-10(8)11(18)14-12(5-15,6-16)7-17/h2-4,15-17H,5-7H2,1H3,(H,14,18). The Kier molecular flexibility index (Phi) is 5.10. The average molecular weight is 274 g/mol. The maximum absolute atomic E-state index is 12.0. The van der Waals surface area contributed by atoms with Crippen LogP contribution in [0.15, 0.2) is 18.2 Å². The van der Waals surface area contributed by atoms with E-state index in [0.29, 0.717) is 16.1 Å². The van der Waals surface area contributed by atoms with Gasteiger partial charge in [0.05, 0.1) is 19.8 Å². The first-order valence-corrected chi connectivity index (χ1v) is 5.77. The fourth-order valence-electron chi connectivity index (χ4n) is 1.42. The van der Waals surface area contributed by atoms with Crippen molar-refractivity contribution < 1.29 is 20.1 Å².